The lowest BCUT2D eigenvalue weighted by atomic mass is 10.2. The molecule has 3 heteroatoms. The fraction of sp³-hybridized carbons (Fsp3) is 1.00. The van der Waals surface area contributed by atoms with Crippen LogP contribution in [0.15, 0.2) is 0 Å². The lowest BCUT2D eigenvalue weighted by Crippen LogP contribution is -3.17. The Hall–Kier alpha value is -0.120. The van der Waals surface area contributed by atoms with Crippen LogP contribution in [-0.4, -0.2) is 45.4 Å². The highest BCUT2D eigenvalue weighted by molar-refractivity contribution is 4.57. The SMILES string of the molecule is C1C[NH2+][C@H](C[NH+]2CCOCC2)C1. The highest BCUT2D eigenvalue weighted by atomic mass is 16.5. The molecule has 1 atom stereocenters. The Morgan fingerprint density at radius 1 is 1.33 bits per heavy atom. The molecule has 0 amide bonds. The maximum absolute atomic E-state index is 5.33. The van der Waals surface area contributed by atoms with Crippen LogP contribution in [0.25, 0.3) is 0 Å². The Kier molecular flexibility index (Phi) is 2.98. The van der Waals surface area contributed by atoms with E-state index in [9.17, 15) is 0 Å². The molecule has 0 saturated carbocycles. The van der Waals surface area contributed by atoms with Crippen molar-refractivity contribution in [3.05, 3.63) is 0 Å². The van der Waals surface area contributed by atoms with Gasteiger partial charge in [-0.2, -0.15) is 0 Å². The van der Waals surface area contributed by atoms with Gasteiger partial charge in [-0.15, -0.1) is 0 Å². The van der Waals surface area contributed by atoms with Crippen molar-refractivity contribution in [1.29, 1.82) is 0 Å². The van der Waals surface area contributed by atoms with Gasteiger partial charge in [-0.3, -0.25) is 0 Å². The molecule has 2 saturated heterocycles. The molecule has 2 aliphatic rings. The lowest BCUT2D eigenvalue weighted by molar-refractivity contribution is -0.924. The number of morpholine rings is 1. The van der Waals surface area contributed by atoms with Gasteiger partial charge < -0.3 is 15.0 Å². The van der Waals surface area contributed by atoms with Gasteiger partial charge in [0, 0.05) is 12.8 Å². The maximum Gasteiger partial charge on any atom is 0.136 e. The third-order valence-electron chi connectivity index (χ3n) is 3.03. The molecule has 0 aromatic carbocycles. The molecule has 2 heterocycles. The van der Waals surface area contributed by atoms with E-state index in [1.165, 1.54) is 39.0 Å². The summed E-state index contributed by atoms with van der Waals surface area (Å²) in [7, 11) is 0. The topological polar surface area (TPSA) is 30.3 Å². The summed E-state index contributed by atoms with van der Waals surface area (Å²) in [4.78, 5) is 1.75. The molecule has 0 radical (unpaired) electrons. The summed E-state index contributed by atoms with van der Waals surface area (Å²) < 4.78 is 5.33. The molecular weight excluding hydrogens is 152 g/mol. The molecule has 2 aliphatic heterocycles. The smallest absolute Gasteiger partial charge is 0.136 e. The van der Waals surface area contributed by atoms with Crippen LogP contribution in [0.1, 0.15) is 12.8 Å². The van der Waals surface area contributed by atoms with Crippen LogP contribution in [0, 0.1) is 0 Å². The molecule has 2 fully saturated rings. The maximum atomic E-state index is 5.33. The van der Waals surface area contributed by atoms with Crippen LogP contribution in [0.3, 0.4) is 0 Å². The zero-order valence-corrected chi connectivity index (χ0v) is 7.72. The van der Waals surface area contributed by atoms with Gasteiger partial charge in [-0.05, 0) is 0 Å². The molecule has 70 valence electrons. The Bertz CT molecular complexity index is 128. The Labute approximate surface area is 74.1 Å². The molecule has 3 N–H and O–H groups in total. The molecule has 0 spiro atoms. The summed E-state index contributed by atoms with van der Waals surface area (Å²) in [6, 6.07) is 0.915. The average Bonchev–Trinajstić information content (AvgIpc) is 2.59. The summed E-state index contributed by atoms with van der Waals surface area (Å²) in [5.74, 6) is 0. The number of hydrogen-bond acceptors (Lipinski definition) is 1. The molecular formula is C9H20N2O+2. The van der Waals surface area contributed by atoms with Crippen molar-refractivity contribution in [2.24, 2.45) is 0 Å². The third kappa shape index (κ3) is 2.19. The standard InChI is InChI=1S/C9H18N2O/c1-2-9(10-3-1)8-11-4-6-12-7-5-11/h9-10H,1-8H2/p+2/t9-/m0/s1. The van der Waals surface area contributed by atoms with E-state index in [4.69, 9.17) is 4.74 Å². The highest BCUT2D eigenvalue weighted by Crippen LogP contribution is 1.94. The monoisotopic (exact) mass is 172 g/mol. The molecule has 0 bridgehead atoms. The Balaban J connectivity index is 1.69. The fourth-order valence-electron chi connectivity index (χ4n) is 2.27. The van der Waals surface area contributed by atoms with Gasteiger partial charge in [0.25, 0.3) is 0 Å². The number of ether oxygens (including phenoxy) is 1. The van der Waals surface area contributed by atoms with Crippen molar-refractivity contribution in [2.75, 3.05) is 39.4 Å². The zero-order chi connectivity index (χ0) is 8.23. The first-order chi connectivity index (χ1) is 5.95. The summed E-state index contributed by atoms with van der Waals surface area (Å²) in [6.45, 7) is 7.12. The predicted octanol–water partition coefficient (Wildman–Crippen LogP) is -2.37. The first-order valence-corrected chi connectivity index (χ1v) is 5.20. The largest absolute Gasteiger partial charge is 0.370 e. The van der Waals surface area contributed by atoms with E-state index in [0.29, 0.717) is 0 Å². The minimum Gasteiger partial charge on any atom is -0.370 e. The molecule has 0 aromatic rings. The van der Waals surface area contributed by atoms with Gasteiger partial charge in [0.1, 0.15) is 25.7 Å². The van der Waals surface area contributed by atoms with E-state index in [1.807, 2.05) is 0 Å². The number of nitrogens with one attached hydrogen (secondary N) is 1. The Morgan fingerprint density at radius 3 is 2.83 bits per heavy atom. The van der Waals surface area contributed by atoms with Crippen molar-refractivity contribution < 1.29 is 15.0 Å². The molecule has 12 heavy (non-hydrogen) atoms. The molecule has 0 unspecified atom stereocenters. The summed E-state index contributed by atoms with van der Waals surface area (Å²) in [6.07, 6.45) is 2.86. The van der Waals surface area contributed by atoms with Crippen LogP contribution < -0.4 is 10.2 Å². The van der Waals surface area contributed by atoms with Crippen LogP contribution in [0.4, 0.5) is 0 Å². The summed E-state index contributed by atoms with van der Waals surface area (Å²) in [5, 5.41) is 2.52. The van der Waals surface area contributed by atoms with Crippen LogP contribution in [0.5, 0.6) is 0 Å². The fourth-order valence-corrected chi connectivity index (χ4v) is 2.27. The summed E-state index contributed by atoms with van der Waals surface area (Å²) in [5.41, 5.74) is 0. The Morgan fingerprint density at radius 2 is 2.17 bits per heavy atom. The molecule has 0 aromatic heterocycles. The lowest BCUT2D eigenvalue weighted by Gasteiger charge is -2.24. The average molecular weight is 172 g/mol. The van der Waals surface area contributed by atoms with Crippen LogP contribution >= 0.6 is 0 Å². The molecule has 3 nitrogen and oxygen atoms in total. The second-order valence-corrected chi connectivity index (χ2v) is 3.99. The minimum absolute atomic E-state index is 0.915. The van der Waals surface area contributed by atoms with Crippen LogP contribution in [0.2, 0.25) is 0 Å². The number of rotatable bonds is 2. The van der Waals surface area contributed by atoms with Crippen molar-refractivity contribution in [3.8, 4) is 0 Å². The van der Waals surface area contributed by atoms with Gasteiger partial charge in [0.15, 0.2) is 0 Å². The van der Waals surface area contributed by atoms with Crippen molar-refractivity contribution >= 4 is 0 Å². The first-order valence-electron chi connectivity index (χ1n) is 5.20. The van der Waals surface area contributed by atoms with Crippen molar-refractivity contribution in [2.45, 2.75) is 18.9 Å². The van der Waals surface area contributed by atoms with Gasteiger partial charge in [-0.25, -0.2) is 0 Å². The quantitative estimate of drug-likeness (QED) is 0.479. The van der Waals surface area contributed by atoms with Crippen molar-refractivity contribution in [1.82, 2.24) is 0 Å². The predicted molar refractivity (Wildman–Crippen MR) is 46.2 cm³/mol. The first kappa shape index (κ1) is 8.48. The van der Waals surface area contributed by atoms with Gasteiger partial charge in [0.2, 0.25) is 0 Å². The summed E-state index contributed by atoms with van der Waals surface area (Å²) >= 11 is 0. The number of quaternary nitrogens is 2. The normalized spacial score (nSPS) is 32.5. The highest BCUT2D eigenvalue weighted by Gasteiger charge is 2.24. The third-order valence-corrected chi connectivity index (χ3v) is 3.03. The van der Waals surface area contributed by atoms with Gasteiger partial charge in [0.05, 0.1) is 19.8 Å². The molecule has 0 aliphatic carbocycles. The van der Waals surface area contributed by atoms with E-state index in [2.05, 4.69) is 5.32 Å². The van der Waals surface area contributed by atoms with Crippen LogP contribution in [-0.2, 0) is 4.74 Å². The molecule has 2 rings (SSSR count). The number of hydrogen-bond donors (Lipinski definition) is 2. The van der Waals surface area contributed by atoms with E-state index in [1.54, 1.807) is 4.90 Å². The number of nitrogens with two attached hydrogens (primary N) is 1. The van der Waals surface area contributed by atoms with Gasteiger partial charge >= 0.3 is 0 Å². The minimum atomic E-state index is 0.915. The van der Waals surface area contributed by atoms with E-state index in [0.717, 1.165) is 19.3 Å². The van der Waals surface area contributed by atoms with E-state index >= 15 is 0 Å². The van der Waals surface area contributed by atoms with E-state index < -0.39 is 0 Å². The second-order valence-electron chi connectivity index (χ2n) is 3.99. The van der Waals surface area contributed by atoms with Gasteiger partial charge in [-0.1, -0.05) is 0 Å². The zero-order valence-electron chi connectivity index (χ0n) is 7.72. The van der Waals surface area contributed by atoms with Crippen molar-refractivity contribution in [3.63, 3.8) is 0 Å². The second kappa shape index (κ2) is 4.21. The van der Waals surface area contributed by atoms with E-state index in [-0.39, 0.29) is 0 Å².